The average Bonchev–Trinajstić information content (AvgIpc) is 2.75. The van der Waals surface area contributed by atoms with Crippen LogP contribution in [0, 0.1) is 0 Å². The van der Waals surface area contributed by atoms with Crippen LogP contribution in [0.1, 0.15) is 6.92 Å². The first-order chi connectivity index (χ1) is 8.61. The minimum absolute atomic E-state index is 0.0208. The Balaban J connectivity index is 1.94. The minimum Gasteiger partial charge on any atom is -0.369 e. The molecule has 0 unspecified atom stereocenters. The molecule has 8 heteroatoms. The number of nitrogens with one attached hydrogen (secondary N) is 2. The third-order valence-corrected chi connectivity index (χ3v) is 3.77. The number of nitrogens with zero attached hydrogens (tertiary/aromatic N) is 3. The normalized spacial score (nSPS) is 11.8. The Morgan fingerprint density at radius 3 is 3.00 bits per heavy atom. The molecule has 0 radical (unpaired) electrons. The highest BCUT2D eigenvalue weighted by Crippen LogP contribution is 2.05. The molecule has 0 fully saturated rings. The molecular formula is C10H15N5O2S. The molecule has 98 valence electrons. The lowest BCUT2D eigenvalue weighted by molar-refractivity contribution is 0.584. The van der Waals surface area contributed by atoms with E-state index in [2.05, 4.69) is 20.1 Å². The van der Waals surface area contributed by atoms with Crippen LogP contribution in [0.4, 0.5) is 5.82 Å². The molecule has 2 aromatic heterocycles. The number of rotatable bonds is 6. The van der Waals surface area contributed by atoms with Crippen molar-refractivity contribution in [3.8, 4) is 0 Å². The molecule has 0 aliphatic heterocycles. The van der Waals surface area contributed by atoms with Gasteiger partial charge in [-0.2, -0.15) is 5.10 Å². The molecule has 0 saturated heterocycles. The second-order valence-electron chi connectivity index (χ2n) is 3.69. The highest BCUT2D eigenvalue weighted by molar-refractivity contribution is 7.89. The van der Waals surface area contributed by atoms with Crippen LogP contribution in [0.3, 0.4) is 0 Å². The lowest BCUT2D eigenvalue weighted by Crippen LogP contribution is -2.29. The quantitative estimate of drug-likeness (QED) is 0.775. The number of aromatic nitrogens is 3. The Hall–Kier alpha value is -1.67. The van der Waals surface area contributed by atoms with Gasteiger partial charge in [0.2, 0.25) is 10.0 Å². The Kier molecular flexibility index (Phi) is 3.78. The van der Waals surface area contributed by atoms with Gasteiger partial charge >= 0.3 is 0 Å². The Bertz CT molecular complexity index is 622. The summed E-state index contributed by atoms with van der Waals surface area (Å²) in [6.45, 7) is 2.47. The van der Waals surface area contributed by atoms with Gasteiger partial charge in [-0.15, -0.1) is 0 Å². The first-order valence-corrected chi connectivity index (χ1v) is 7.27. The molecule has 0 bridgehead atoms. The number of hydrogen-bond acceptors (Lipinski definition) is 5. The van der Waals surface area contributed by atoms with Gasteiger partial charge in [0.15, 0.2) is 5.65 Å². The van der Waals surface area contributed by atoms with Crippen molar-refractivity contribution in [2.75, 3.05) is 24.2 Å². The summed E-state index contributed by atoms with van der Waals surface area (Å²) in [5.41, 5.74) is 0.717. The summed E-state index contributed by atoms with van der Waals surface area (Å²) in [5.74, 6) is 0.655. The van der Waals surface area contributed by atoms with Crippen LogP contribution in [-0.4, -0.2) is 41.9 Å². The first-order valence-electron chi connectivity index (χ1n) is 5.62. The molecule has 0 aliphatic carbocycles. The summed E-state index contributed by atoms with van der Waals surface area (Å²) >= 11 is 0. The Morgan fingerprint density at radius 2 is 2.22 bits per heavy atom. The third kappa shape index (κ3) is 3.17. The maximum atomic E-state index is 11.4. The highest BCUT2D eigenvalue weighted by Gasteiger charge is 2.07. The van der Waals surface area contributed by atoms with Gasteiger partial charge < -0.3 is 5.32 Å². The fourth-order valence-electron chi connectivity index (χ4n) is 1.52. The summed E-state index contributed by atoms with van der Waals surface area (Å²) in [6.07, 6.45) is 3.42. The molecule has 2 N–H and O–H groups in total. The summed E-state index contributed by atoms with van der Waals surface area (Å²) in [6, 6.07) is 3.53. The molecule has 2 aromatic rings. The maximum absolute atomic E-state index is 11.4. The van der Waals surface area contributed by atoms with Gasteiger partial charge in [0.25, 0.3) is 0 Å². The van der Waals surface area contributed by atoms with Gasteiger partial charge in [-0.1, -0.05) is 6.92 Å². The first kappa shape index (κ1) is 12.8. The average molecular weight is 269 g/mol. The molecule has 2 rings (SSSR count). The highest BCUT2D eigenvalue weighted by atomic mass is 32.2. The number of fused-ring (bicyclic) bond motifs is 1. The predicted molar refractivity (Wildman–Crippen MR) is 68.9 cm³/mol. The van der Waals surface area contributed by atoms with Crippen LogP contribution in [0.15, 0.2) is 24.5 Å². The van der Waals surface area contributed by atoms with Crippen molar-refractivity contribution >= 4 is 21.5 Å². The van der Waals surface area contributed by atoms with E-state index in [-0.39, 0.29) is 5.75 Å². The zero-order valence-corrected chi connectivity index (χ0v) is 10.8. The van der Waals surface area contributed by atoms with E-state index in [1.54, 1.807) is 36.0 Å². The number of hydrogen-bond donors (Lipinski definition) is 2. The fraction of sp³-hybridized carbons (Fsp3) is 0.400. The smallest absolute Gasteiger partial charge is 0.213 e. The van der Waals surface area contributed by atoms with Crippen LogP contribution in [-0.2, 0) is 10.0 Å². The van der Waals surface area contributed by atoms with Gasteiger partial charge in [-0.3, -0.25) is 0 Å². The largest absolute Gasteiger partial charge is 0.369 e. The molecule has 0 aliphatic rings. The van der Waals surface area contributed by atoms with E-state index in [1.807, 2.05) is 0 Å². The summed E-state index contributed by atoms with van der Waals surface area (Å²) in [5, 5.41) is 6.99. The number of anilines is 1. The molecule has 0 spiro atoms. The predicted octanol–water partition coefficient (Wildman–Crippen LogP) is 0.0805. The summed E-state index contributed by atoms with van der Waals surface area (Å²) < 4.78 is 26.9. The van der Waals surface area contributed by atoms with Crippen LogP contribution >= 0.6 is 0 Å². The fourth-order valence-corrected chi connectivity index (χ4v) is 2.47. The Labute approximate surface area is 105 Å². The van der Waals surface area contributed by atoms with E-state index in [1.165, 1.54) is 0 Å². The molecule has 7 nitrogen and oxygen atoms in total. The van der Waals surface area contributed by atoms with E-state index in [0.29, 0.717) is 18.9 Å². The van der Waals surface area contributed by atoms with Crippen molar-refractivity contribution in [2.45, 2.75) is 6.92 Å². The van der Waals surface area contributed by atoms with E-state index in [0.717, 1.165) is 5.65 Å². The van der Waals surface area contributed by atoms with Gasteiger partial charge in [0, 0.05) is 25.4 Å². The SMILES string of the molecule is CCNS(=O)(=O)CCNc1ccn2nccc2n1. The second-order valence-corrected chi connectivity index (χ2v) is 5.62. The zero-order valence-electron chi connectivity index (χ0n) is 10.00. The summed E-state index contributed by atoms with van der Waals surface area (Å²) in [7, 11) is -3.19. The molecular weight excluding hydrogens is 254 g/mol. The van der Waals surface area contributed by atoms with E-state index in [9.17, 15) is 8.42 Å². The van der Waals surface area contributed by atoms with E-state index in [4.69, 9.17) is 0 Å². The van der Waals surface area contributed by atoms with Crippen molar-refractivity contribution in [2.24, 2.45) is 0 Å². The minimum atomic E-state index is -3.19. The lowest BCUT2D eigenvalue weighted by atomic mass is 10.5. The van der Waals surface area contributed by atoms with Crippen molar-refractivity contribution in [1.29, 1.82) is 0 Å². The zero-order chi connectivity index (χ0) is 13.0. The Morgan fingerprint density at radius 1 is 1.39 bits per heavy atom. The van der Waals surface area contributed by atoms with Gasteiger partial charge in [0.05, 0.1) is 11.9 Å². The van der Waals surface area contributed by atoms with Gasteiger partial charge in [-0.05, 0) is 6.07 Å². The van der Waals surface area contributed by atoms with Crippen molar-refractivity contribution in [1.82, 2.24) is 19.3 Å². The van der Waals surface area contributed by atoms with Gasteiger partial charge in [0.1, 0.15) is 5.82 Å². The van der Waals surface area contributed by atoms with Crippen molar-refractivity contribution in [3.63, 3.8) is 0 Å². The van der Waals surface area contributed by atoms with Crippen molar-refractivity contribution in [3.05, 3.63) is 24.5 Å². The van der Waals surface area contributed by atoms with Crippen LogP contribution in [0.5, 0.6) is 0 Å². The molecule has 2 heterocycles. The van der Waals surface area contributed by atoms with Gasteiger partial charge in [-0.25, -0.2) is 22.6 Å². The molecule has 0 amide bonds. The maximum Gasteiger partial charge on any atom is 0.213 e. The molecule has 0 saturated carbocycles. The van der Waals surface area contributed by atoms with Crippen LogP contribution in [0.2, 0.25) is 0 Å². The van der Waals surface area contributed by atoms with Crippen LogP contribution < -0.4 is 10.0 Å². The van der Waals surface area contributed by atoms with E-state index < -0.39 is 10.0 Å². The molecule has 0 atom stereocenters. The monoisotopic (exact) mass is 269 g/mol. The molecule has 18 heavy (non-hydrogen) atoms. The lowest BCUT2D eigenvalue weighted by Gasteiger charge is -2.07. The topological polar surface area (TPSA) is 88.4 Å². The van der Waals surface area contributed by atoms with Crippen molar-refractivity contribution < 1.29 is 8.42 Å². The van der Waals surface area contributed by atoms with Crippen LogP contribution in [0.25, 0.3) is 5.65 Å². The third-order valence-electron chi connectivity index (χ3n) is 2.30. The number of sulfonamides is 1. The standard InChI is InChI=1S/C10H15N5O2S/c1-2-13-18(16,17)8-6-11-9-4-7-15-10(14-9)3-5-12-15/h3-5,7,13H,2,6,8H2,1H3,(H,11,14). The second kappa shape index (κ2) is 5.32. The van der Waals surface area contributed by atoms with E-state index >= 15 is 0 Å². The summed E-state index contributed by atoms with van der Waals surface area (Å²) in [4.78, 5) is 4.27. The molecule has 0 aromatic carbocycles.